The molecule has 17 heavy (non-hydrogen) atoms. The molecule has 0 radical (unpaired) electrons. The van der Waals surface area contributed by atoms with Gasteiger partial charge in [-0.15, -0.1) is 0 Å². The molecule has 0 unspecified atom stereocenters. The number of hydrogen-bond donors (Lipinski definition) is 4. The highest BCUT2D eigenvalue weighted by Gasteiger charge is 2.15. The average molecular weight is 259 g/mol. The van der Waals surface area contributed by atoms with Gasteiger partial charge in [0.05, 0.1) is 10.6 Å². The Morgan fingerprint density at radius 3 is 2.71 bits per heavy atom. The number of nitrogens with one attached hydrogen (secondary N) is 1. The lowest BCUT2D eigenvalue weighted by Gasteiger charge is -2.08. The van der Waals surface area contributed by atoms with E-state index in [0.717, 1.165) is 12.8 Å². The molecule has 1 amide bonds. The standard InChI is InChI=1S/C11H15ClN2O3/c12-9-7(3-4-8(15)10(9)16)11(17)14-6-2-1-5-13/h3-4,15-16H,1-2,5-6,13H2,(H,14,17). The fourth-order valence-corrected chi connectivity index (χ4v) is 1.54. The van der Waals surface area contributed by atoms with Crippen LogP contribution in [-0.2, 0) is 0 Å². The number of amides is 1. The molecule has 0 atom stereocenters. The van der Waals surface area contributed by atoms with Gasteiger partial charge in [0.2, 0.25) is 0 Å². The Balaban J connectivity index is 2.66. The second kappa shape index (κ2) is 6.32. The summed E-state index contributed by atoms with van der Waals surface area (Å²) in [4.78, 5) is 11.7. The first-order valence-corrected chi connectivity index (χ1v) is 5.64. The molecule has 1 rings (SSSR count). The molecule has 0 aliphatic rings. The van der Waals surface area contributed by atoms with E-state index in [-0.39, 0.29) is 22.2 Å². The smallest absolute Gasteiger partial charge is 0.252 e. The van der Waals surface area contributed by atoms with E-state index < -0.39 is 5.75 Å². The van der Waals surface area contributed by atoms with E-state index in [1.54, 1.807) is 0 Å². The first kappa shape index (κ1) is 13.6. The summed E-state index contributed by atoms with van der Waals surface area (Å²) < 4.78 is 0. The van der Waals surface area contributed by atoms with E-state index in [1.807, 2.05) is 0 Å². The molecule has 5 nitrogen and oxygen atoms in total. The quantitative estimate of drug-likeness (QED) is 0.472. The molecule has 0 spiro atoms. The molecule has 0 saturated carbocycles. The second-order valence-corrected chi connectivity index (χ2v) is 3.92. The zero-order valence-corrected chi connectivity index (χ0v) is 10.00. The normalized spacial score (nSPS) is 10.2. The van der Waals surface area contributed by atoms with Crippen molar-refractivity contribution < 1.29 is 15.0 Å². The topological polar surface area (TPSA) is 95.6 Å². The summed E-state index contributed by atoms with van der Waals surface area (Å²) in [5.74, 6) is -1.22. The summed E-state index contributed by atoms with van der Waals surface area (Å²) >= 11 is 5.74. The van der Waals surface area contributed by atoms with Crippen molar-refractivity contribution in [2.45, 2.75) is 12.8 Å². The van der Waals surface area contributed by atoms with Crippen LogP contribution in [0.15, 0.2) is 12.1 Å². The van der Waals surface area contributed by atoms with Gasteiger partial charge in [-0.3, -0.25) is 4.79 Å². The van der Waals surface area contributed by atoms with E-state index in [4.69, 9.17) is 17.3 Å². The van der Waals surface area contributed by atoms with Gasteiger partial charge in [0.25, 0.3) is 5.91 Å². The molecule has 1 aromatic rings. The molecule has 0 bridgehead atoms. The summed E-state index contributed by atoms with van der Waals surface area (Å²) in [5.41, 5.74) is 5.46. The minimum absolute atomic E-state index is 0.134. The Labute approximate surface area is 104 Å². The van der Waals surface area contributed by atoms with E-state index in [2.05, 4.69) is 5.32 Å². The van der Waals surface area contributed by atoms with Crippen LogP contribution in [0.4, 0.5) is 0 Å². The number of rotatable bonds is 5. The van der Waals surface area contributed by atoms with E-state index in [9.17, 15) is 15.0 Å². The number of nitrogens with two attached hydrogens (primary N) is 1. The highest BCUT2D eigenvalue weighted by Crippen LogP contribution is 2.35. The van der Waals surface area contributed by atoms with E-state index in [0.29, 0.717) is 13.1 Å². The maximum Gasteiger partial charge on any atom is 0.252 e. The van der Waals surface area contributed by atoms with Gasteiger partial charge in [0.1, 0.15) is 0 Å². The first-order valence-electron chi connectivity index (χ1n) is 5.26. The molecule has 94 valence electrons. The third-order valence-electron chi connectivity index (χ3n) is 2.26. The van der Waals surface area contributed by atoms with Gasteiger partial charge in [-0.05, 0) is 31.5 Å². The van der Waals surface area contributed by atoms with Crippen molar-refractivity contribution >= 4 is 17.5 Å². The van der Waals surface area contributed by atoms with Gasteiger partial charge < -0.3 is 21.3 Å². The van der Waals surface area contributed by atoms with Crippen LogP contribution in [0.25, 0.3) is 0 Å². The van der Waals surface area contributed by atoms with Crippen molar-refractivity contribution in [1.82, 2.24) is 5.32 Å². The molecule has 6 heteroatoms. The number of unbranched alkanes of at least 4 members (excludes halogenated alkanes) is 1. The third-order valence-corrected chi connectivity index (χ3v) is 2.64. The van der Waals surface area contributed by atoms with Gasteiger partial charge in [0, 0.05) is 6.54 Å². The summed E-state index contributed by atoms with van der Waals surface area (Å²) in [5, 5.41) is 21.0. The van der Waals surface area contributed by atoms with Crippen LogP contribution in [-0.4, -0.2) is 29.2 Å². The molecule has 5 N–H and O–H groups in total. The lowest BCUT2D eigenvalue weighted by Crippen LogP contribution is -2.25. The van der Waals surface area contributed by atoms with Crippen molar-refractivity contribution in [2.75, 3.05) is 13.1 Å². The number of carbonyl (C=O) groups is 1. The number of phenols is 2. The highest BCUT2D eigenvalue weighted by atomic mass is 35.5. The summed E-state index contributed by atoms with van der Waals surface area (Å²) in [7, 11) is 0. The van der Waals surface area contributed by atoms with Gasteiger partial charge in [0.15, 0.2) is 11.5 Å². The minimum Gasteiger partial charge on any atom is -0.504 e. The van der Waals surface area contributed by atoms with Gasteiger partial charge >= 0.3 is 0 Å². The lowest BCUT2D eigenvalue weighted by atomic mass is 10.2. The number of phenolic OH excluding ortho intramolecular Hbond substituents is 2. The van der Waals surface area contributed by atoms with Crippen LogP contribution in [0.3, 0.4) is 0 Å². The molecule has 0 heterocycles. The van der Waals surface area contributed by atoms with Crippen molar-refractivity contribution in [3.8, 4) is 11.5 Å². The van der Waals surface area contributed by atoms with Crippen LogP contribution in [0.2, 0.25) is 5.02 Å². The van der Waals surface area contributed by atoms with E-state index >= 15 is 0 Å². The first-order chi connectivity index (χ1) is 8.07. The largest absolute Gasteiger partial charge is 0.504 e. The molecule has 1 aromatic carbocycles. The molecule has 0 aliphatic heterocycles. The summed E-state index contributed by atoms with van der Waals surface area (Å²) in [6.45, 7) is 1.07. The Kier molecular flexibility index (Phi) is 5.06. The summed E-state index contributed by atoms with van der Waals surface area (Å²) in [6, 6.07) is 2.58. The van der Waals surface area contributed by atoms with Crippen LogP contribution < -0.4 is 11.1 Å². The fourth-order valence-electron chi connectivity index (χ4n) is 1.30. The number of aromatic hydroxyl groups is 2. The Bertz CT molecular complexity index is 410. The van der Waals surface area contributed by atoms with Crippen LogP contribution in [0.1, 0.15) is 23.2 Å². The maximum atomic E-state index is 11.7. The number of halogens is 1. The Hall–Kier alpha value is -1.46. The SMILES string of the molecule is NCCCCNC(=O)c1ccc(O)c(O)c1Cl. The second-order valence-electron chi connectivity index (χ2n) is 3.55. The Morgan fingerprint density at radius 1 is 1.35 bits per heavy atom. The van der Waals surface area contributed by atoms with Gasteiger partial charge in [-0.25, -0.2) is 0 Å². The van der Waals surface area contributed by atoms with Crippen LogP contribution in [0.5, 0.6) is 11.5 Å². The van der Waals surface area contributed by atoms with Crippen molar-refractivity contribution in [2.24, 2.45) is 5.73 Å². The van der Waals surface area contributed by atoms with Crippen molar-refractivity contribution in [3.05, 3.63) is 22.7 Å². The Morgan fingerprint density at radius 2 is 2.06 bits per heavy atom. The molecule has 0 aromatic heterocycles. The van der Waals surface area contributed by atoms with Crippen LogP contribution in [0, 0.1) is 0 Å². The number of hydrogen-bond acceptors (Lipinski definition) is 4. The predicted octanol–water partition coefficient (Wildman–Crippen LogP) is 1.22. The zero-order valence-electron chi connectivity index (χ0n) is 9.24. The van der Waals surface area contributed by atoms with Gasteiger partial charge in [-0.2, -0.15) is 0 Å². The van der Waals surface area contributed by atoms with Crippen molar-refractivity contribution in [1.29, 1.82) is 0 Å². The highest BCUT2D eigenvalue weighted by molar-refractivity contribution is 6.35. The zero-order chi connectivity index (χ0) is 12.8. The molecule has 0 saturated heterocycles. The van der Waals surface area contributed by atoms with Crippen molar-refractivity contribution in [3.63, 3.8) is 0 Å². The number of benzene rings is 1. The monoisotopic (exact) mass is 258 g/mol. The minimum atomic E-state index is -0.485. The molecule has 0 fully saturated rings. The lowest BCUT2D eigenvalue weighted by molar-refractivity contribution is 0.0953. The third kappa shape index (κ3) is 3.51. The average Bonchev–Trinajstić information content (AvgIpc) is 2.31. The predicted molar refractivity (Wildman–Crippen MR) is 65.4 cm³/mol. The van der Waals surface area contributed by atoms with E-state index in [1.165, 1.54) is 12.1 Å². The summed E-state index contributed by atoms with van der Waals surface area (Å²) in [6.07, 6.45) is 1.61. The molecular weight excluding hydrogens is 244 g/mol. The van der Waals surface area contributed by atoms with Crippen LogP contribution >= 0.6 is 11.6 Å². The van der Waals surface area contributed by atoms with Gasteiger partial charge in [-0.1, -0.05) is 11.6 Å². The number of carbonyl (C=O) groups excluding carboxylic acids is 1. The molecular formula is C11H15ClN2O3. The maximum absolute atomic E-state index is 11.7. The fraction of sp³-hybridized carbons (Fsp3) is 0.364. The molecule has 0 aliphatic carbocycles.